The zero-order chi connectivity index (χ0) is 14.8. The van der Waals surface area contributed by atoms with Crippen molar-refractivity contribution < 1.29 is 4.79 Å². The summed E-state index contributed by atoms with van der Waals surface area (Å²) in [6, 6.07) is 8.33. The molecule has 6 heteroatoms. The number of aryl methyl sites for hydroxylation is 1. The highest BCUT2D eigenvalue weighted by Gasteiger charge is 2.25. The van der Waals surface area contributed by atoms with E-state index in [1.807, 2.05) is 24.8 Å². The van der Waals surface area contributed by atoms with E-state index in [2.05, 4.69) is 33.4 Å². The van der Waals surface area contributed by atoms with Crippen molar-refractivity contribution in [2.75, 3.05) is 6.54 Å². The van der Waals surface area contributed by atoms with Gasteiger partial charge in [0.2, 0.25) is 11.1 Å². The van der Waals surface area contributed by atoms with Crippen molar-refractivity contribution >= 4 is 17.7 Å². The van der Waals surface area contributed by atoms with Gasteiger partial charge in [0.05, 0.1) is 5.25 Å². The molecule has 0 saturated heterocycles. The first-order chi connectivity index (χ1) is 10.1. The van der Waals surface area contributed by atoms with E-state index in [1.165, 1.54) is 22.9 Å². The number of aromatic nitrogens is 3. The molecule has 1 N–H and O–H groups in total. The smallest absolute Gasteiger partial charge is 0.236 e. The van der Waals surface area contributed by atoms with Gasteiger partial charge in [-0.2, -0.15) is 0 Å². The van der Waals surface area contributed by atoms with Crippen LogP contribution < -0.4 is 0 Å². The fraction of sp³-hybridized carbons (Fsp3) is 0.400. The van der Waals surface area contributed by atoms with Gasteiger partial charge in [-0.25, -0.2) is 4.98 Å². The molecule has 0 aliphatic carbocycles. The Hall–Kier alpha value is -1.82. The highest BCUT2D eigenvalue weighted by Crippen LogP contribution is 2.24. The maximum absolute atomic E-state index is 12.6. The standard InChI is InChI=1S/C15H18N4OS/c1-10(21-15-16-11(2)17-18-15)14(20)19-8-7-12-5-3-4-6-13(12)9-19/h3-6,10H,7-9H2,1-2H3,(H,16,17,18)/t10-/m0/s1. The van der Waals surface area contributed by atoms with Gasteiger partial charge < -0.3 is 4.90 Å². The molecule has 1 atom stereocenters. The van der Waals surface area contributed by atoms with Crippen LogP contribution in [0.2, 0.25) is 0 Å². The van der Waals surface area contributed by atoms with E-state index in [4.69, 9.17) is 0 Å². The Balaban J connectivity index is 1.66. The molecule has 0 spiro atoms. The normalized spacial score (nSPS) is 15.6. The number of carbonyl (C=O) groups is 1. The Morgan fingerprint density at radius 3 is 2.86 bits per heavy atom. The SMILES string of the molecule is Cc1nc(S[C@@H](C)C(=O)N2CCc3ccccc3C2)n[nH]1. The molecule has 0 fully saturated rings. The van der Waals surface area contributed by atoms with Crippen LogP contribution in [-0.4, -0.2) is 37.8 Å². The third-order valence-electron chi connectivity index (χ3n) is 3.65. The molecule has 2 aromatic rings. The summed E-state index contributed by atoms with van der Waals surface area (Å²) in [6.07, 6.45) is 0.930. The van der Waals surface area contributed by atoms with E-state index in [0.29, 0.717) is 11.7 Å². The third-order valence-corrected chi connectivity index (χ3v) is 4.60. The predicted octanol–water partition coefficient (Wildman–Crippen LogP) is 2.18. The molecule has 1 aliphatic rings. The average Bonchev–Trinajstić information content (AvgIpc) is 2.91. The summed E-state index contributed by atoms with van der Waals surface area (Å²) in [5.74, 6) is 0.918. The van der Waals surface area contributed by atoms with E-state index in [-0.39, 0.29) is 11.2 Å². The Bertz CT molecular complexity index is 655. The van der Waals surface area contributed by atoms with Gasteiger partial charge in [0.15, 0.2) is 0 Å². The second-order valence-electron chi connectivity index (χ2n) is 5.24. The number of nitrogens with one attached hydrogen (secondary N) is 1. The Morgan fingerprint density at radius 1 is 1.38 bits per heavy atom. The number of aromatic amines is 1. The van der Waals surface area contributed by atoms with Crippen LogP contribution in [-0.2, 0) is 17.8 Å². The molecule has 0 saturated carbocycles. The number of benzene rings is 1. The second-order valence-corrected chi connectivity index (χ2v) is 6.55. The van der Waals surface area contributed by atoms with Crippen LogP contribution in [0.25, 0.3) is 0 Å². The fourth-order valence-corrected chi connectivity index (χ4v) is 3.38. The van der Waals surface area contributed by atoms with Crippen LogP contribution in [0.1, 0.15) is 23.9 Å². The first kappa shape index (κ1) is 14.1. The summed E-state index contributed by atoms with van der Waals surface area (Å²) in [5, 5.41) is 7.33. The van der Waals surface area contributed by atoms with Crippen LogP contribution in [0.3, 0.4) is 0 Å². The van der Waals surface area contributed by atoms with Crippen molar-refractivity contribution in [3.05, 3.63) is 41.2 Å². The molecular weight excluding hydrogens is 284 g/mol. The van der Waals surface area contributed by atoms with Gasteiger partial charge >= 0.3 is 0 Å². The van der Waals surface area contributed by atoms with Gasteiger partial charge in [-0.3, -0.25) is 9.89 Å². The van der Waals surface area contributed by atoms with Gasteiger partial charge in [0.25, 0.3) is 0 Å². The fourth-order valence-electron chi connectivity index (χ4n) is 2.52. The average molecular weight is 302 g/mol. The number of hydrogen-bond acceptors (Lipinski definition) is 4. The number of nitrogens with zero attached hydrogens (tertiary/aromatic N) is 3. The molecule has 5 nitrogen and oxygen atoms in total. The highest BCUT2D eigenvalue weighted by atomic mass is 32.2. The van der Waals surface area contributed by atoms with E-state index < -0.39 is 0 Å². The van der Waals surface area contributed by atoms with Crippen molar-refractivity contribution in [2.45, 2.75) is 37.2 Å². The molecule has 1 aliphatic heterocycles. The molecule has 0 bridgehead atoms. The van der Waals surface area contributed by atoms with Gasteiger partial charge in [-0.05, 0) is 31.4 Å². The molecule has 0 radical (unpaired) electrons. The van der Waals surface area contributed by atoms with Gasteiger partial charge in [0, 0.05) is 13.1 Å². The maximum Gasteiger partial charge on any atom is 0.236 e. The lowest BCUT2D eigenvalue weighted by Crippen LogP contribution is -2.40. The monoisotopic (exact) mass is 302 g/mol. The van der Waals surface area contributed by atoms with Crippen LogP contribution in [0, 0.1) is 6.92 Å². The number of fused-ring (bicyclic) bond motifs is 1. The first-order valence-corrected chi connectivity index (χ1v) is 7.92. The number of amides is 1. The van der Waals surface area contributed by atoms with Gasteiger partial charge in [-0.1, -0.05) is 36.0 Å². The largest absolute Gasteiger partial charge is 0.337 e. The number of thioether (sulfide) groups is 1. The number of hydrogen-bond donors (Lipinski definition) is 1. The zero-order valence-corrected chi connectivity index (χ0v) is 13.0. The number of carbonyl (C=O) groups excluding carboxylic acids is 1. The molecule has 2 heterocycles. The summed E-state index contributed by atoms with van der Waals surface area (Å²) < 4.78 is 0. The van der Waals surface area contributed by atoms with Crippen molar-refractivity contribution in [2.24, 2.45) is 0 Å². The summed E-state index contributed by atoms with van der Waals surface area (Å²) in [4.78, 5) is 18.7. The van der Waals surface area contributed by atoms with Crippen molar-refractivity contribution in [1.82, 2.24) is 20.1 Å². The zero-order valence-electron chi connectivity index (χ0n) is 12.2. The van der Waals surface area contributed by atoms with Crippen molar-refractivity contribution in [3.8, 4) is 0 Å². The molecule has 21 heavy (non-hydrogen) atoms. The Morgan fingerprint density at radius 2 is 2.14 bits per heavy atom. The highest BCUT2D eigenvalue weighted by molar-refractivity contribution is 8.00. The summed E-state index contributed by atoms with van der Waals surface area (Å²) in [5.41, 5.74) is 2.61. The van der Waals surface area contributed by atoms with E-state index >= 15 is 0 Å². The first-order valence-electron chi connectivity index (χ1n) is 7.04. The predicted molar refractivity (Wildman–Crippen MR) is 82.0 cm³/mol. The summed E-state index contributed by atoms with van der Waals surface area (Å²) in [6.45, 7) is 5.25. The second kappa shape index (κ2) is 5.89. The summed E-state index contributed by atoms with van der Waals surface area (Å²) >= 11 is 1.40. The minimum absolute atomic E-state index is 0.150. The molecule has 3 rings (SSSR count). The molecule has 1 amide bonds. The molecule has 1 aromatic carbocycles. The van der Waals surface area contributed by atoms with E-state index in [0.717, 1.165) is 18.8 Å². The topological polar surface area (TPSA) is 61.9 Å². The van der Waals surface area contributed by atoms with E-state index in [1.54, 1.807) is 0 Å². The minimum atomic E-state index is -0.175. The maximum atomic E-state index is 12.6. The van der Waals surface area contributed by atoms with Crippen LogP contribution in [0.15, 0.2) is 29.4 Å². The molecular formula is C15H18N4OS. The van der Waals surface area contributed by atoms with Crippen LogP contribution in [0.5, 0.6) is 0 Å². The third kappa shape index (κ3) is 3.10. The number of rotatable bonds is 3. The molecule has 0 unspecified atom stereocenters. The Kier molecular flexibility index (Phi) is 3.96. The lowest BCUT2D eigenvalue weighted by Gasteiger charge is -2.30. The van der Waals surface area contributed by atoms with Gasteiger partial charge in [0.1, 0.15) is 5.82 Å². The van der Waals surface area contributed by atoms with E-state index in [9.17, 15) is 4.79 Å². The van der Waals surface area contributed by atoms with Crippen molar-refractivity contribution in [3.63, 3.8) is 0 Å². The molecule has 110 valence electrons. The quantitative estimate of drug-likeness (QED) is 0.883. The summed E-state index contributed by atoms with van der Waals surface area (Å²) in [7, 11) is 0. The lowest BCUT2D eigenvalue weighted by molar-refractivity contribution is -0.131. The number of H-pyrrole nitrogens is 1. The van der Waals surface area contributed by atoms with Crippen molar-refractivity contribution in [1.29, 1.82) is 0 Å². The lowest BCUT2D eigenvalue weighted by atomic mass is 10.00. The molecule has 1 aromatic heterocycles. The minimum Gasteiger partial charge on any atom is -0.337 e. The van der Waals surface area contributed by atoms with Crippen LogP contribution in [0.4, 0.5) is 0 Å². The Labute approximate surface area is 128 Å². The van der Waals surface area contributed by atoms with Gasteiger partial charge in [-0.15, -0.1) is 5.10 Å². The van der Waals surface area contributed by atoms with Crippen LogP contribution >= 0.6 is 11.8 Å².